The highest BCUT2D eigenvalue weighted by Crippen LogP contribution is 2.20. The maximum Gasteiger partial charge on any atom is 0.238 e. The van der Waals surface area contributed by atoms with Crippen LogP contribution in [0.15, 0.2) is 54.6 Å². The number of benzene rings is 2. The Hall–Kier alpha value is -2.90. The Morgan fingerprint density at radius 1 is 1.00 bits per heavy atom. The average molecular weight is 425 g/mol. The van der Waals surface area contributed by atoms with Crippen LogP contribution in [-0.4, -0.2) is 75.1 Å². The van der Waals surface area contributed by atoms with E-state index in [1.165, 1.54) is 0 Å². The predicted octanol–water partition coefficient (Wildman–Crippen LogP) is 2.61. The molecule has 1 aliphatic rings. The van der Waals surface area contributed by atoms with Gasteiger partial charge >= 0.3 is 0 Å². The highest BCUT2D eigenvalue weighted by Gasteiger charge is 2.19. The van der Waals surface area contributed by atoms with Crippen LogP contribution < -0.4 is 10.2 Å². The van der Waals surface area contributed by atoms with Crippen molar-refractivity contribution >= 4 is 23.2 Å². The first kappa shape index (κ1) is 22.8. The van der Waals surface area contributed by atoms with Gasteiger partial charge in [0.2, 0.25) is 11.8 Å². The number of likely N-dealkylation sites (N-methyl/N-ethyl adjacent to an activating group) is 2. The Kier molecular flexibility index (Phi) is 8.03. The van der Waals surface area contributed by atoms with E-state index in [0.29, 0.717) is 0 Å². The Bertz CT molecular complexity index is 851. The Morgan fingerprint density at radius 3 is 2.29 bits per heavy atom. The molecule has 7 nitrogen and oxygen atoms in total. The second-order valence-electron chi connectivity index (χ2n) is 7.96. The van der Waals surface area contributed by atoms with E-state index >= 15 is 0 Å². The van der Waals surface area contributed by atoms with Crippen LogP contribution in [0.3, 0.4) is 0 Å². The van der Waals surface area contributed by atoms with Crippen LogP contribution in [0.4, 0.5) is 11.4 Å². The summed E-state index contributed by atoms with van der Waals surface area (Å²) in [7, 11) is 3.57. The normalized spacial score (nSPS) is 14.9. The van der Waals surface area contributed by atoms with Gasteiger partial charge in [-0.2, -0.15) is 0 Å². The number of amides is 2. The molecule has 0 aliphatic carbocycles. The molecule has 0 spiro atoms. The molecule has 0 aromatic heterocycles. The van der Waals surface area contributed by atoms with E-state index in [9.17, 15) is 9.59 Å². The van der Waals surface area contributed by atoms with Crippen LogP contribution in [0.2, 0.25) is 0 Å². The predicted molar refractivity (Wildman–Crippen MR) is 123 cm³/mol. The van der Waals surface area contributed by atoms with Gasteiger partial charge in [-0.15, -0.1) is 0 Å². The van der Waals surface area contributed by atoms with E-state index < -0.39 is 0 Å². The fraction of sp³-hybridized carbons (Fsp3) is 0.417. The van der Waals surface area contributed by atoms with Gasteiger partial charge in [-0.1, -0.05) is 30.3 Å². The second kappa shape index (κ2) is 10.9. The number of hydrogen-bond donors (Lipinski definition) is 1. The molecule has 2 amide bonds. The number of ether oxygens (including phenoxy) is 1. The fourth-order valence-electron chi connectivity index (χ4n) is 3.59. The molecule has 2 aromatic rings. The number of hydrogen-bond acceptors (Lipinski definition) is 5. The van der Waals surface area contributed by atoms with E-state index in [0.717, 1.165) is 43.2 Å². The number of anilines is 2. The highest BCUT2D eigenvalue weighted by atomic mass is 16.5. The van der Waals surface area contributed by atoms with Crippen molar-refractivity contribution in [2.75, 3.05) is 63.7 Å². The van der Waals surface area contributed by atoms with Gasteiger partial charge < -0.3 is 19.9 Å². The van der Waals surface area contributed by atoms with Crippen molar-refractivity contribution in [1.29, 1.82) is 0 Å². The van der Waals surface area contributed by atoms with Gasteiger partial charge in [-0.05, 0) is 43.8 Å². The van der Waals surface area contributed by atoms with Crippen molar-refractivity contribution in [2.45, 2.75) is 13.0 Å². The molecular weight excluding hydrogens is 392 g/mol. The average Bonchev–Trinajstić information content (AvgIpc) is 2.79. The van der Waals surface area contributed by atoms with Crippen molar-refractivity contribution in [3.8, 4) is 0 Å². The smallest absolute Gasteiger partial charge is 0.238 e. The van der Waals surface area contributed by atoms with Crippen LogP contribution >= 0.6 is 0 Å². The topological polar surface area (TPSA) is 65.1 Å². The molecule has 0 bridgehead atoms. The van der Waals surface area contributed by atoms with Gasteiger partial charge in [0.25, 0.3) is 0 Å². The Labute approximate surface area is 184 Å². The molecule has 1 aliphatic heterocycles. The van der Waals surface area contributed by atoms with E-state index in [1.807, 2.05) is 61.5 Å². The van der Waals surface area contributed by atoms with Crippen LogP contribution in [0.1, 0.15) is 18.5 Å². The van der Waals surface area contributed by atoms with E-state index in [2.05, 4.69) is 10.2 Å². The molecule has 31 heavy (non-hydrogen) atoms. The first-order chi connectivity index (χ1) is 14.9. The molecule has 0 unspecified atom stereocenters. The lowest BCUT2D eigenvalue weighted by atomic mass is 10.1. The number of morpholine rings is 1. The van der Waals surface area contributed by atoms with Gasteiger partial charge in [0, 0.05) is 31.5 Å². The Morgan fingerprint density at radius 2 is 1.65 bits per heavy atom. The molecule has 7 heteroatoms. The van der Waals surface area contributed by atoms with E-state index in [4.69, 9.17) is 4.74 Å². The summed E-state index contributed by atoms with van der Waals surface area (Å²) in [5.41, 5.74) is 2.95. The van der Waals surface area contributed by atoms with Crippen LogP contribution in [-0.2, 0) is 14.3 Å². The van der Waals surface area contributed by atoms with Crippen LogP contribution in [0, 0.1) is 0 Å². The van der Waals surface area contributed by atoms with Gasteiger partial charge in [0.1, 0.15) is 0 Å². The monoisotopic (exact) mass is 424 g/mol. The summed E-state index contributed by atoms with van der Waals surface area (Å²) < 4.78 is 5.38. The Balaban J connectivity index is 1.46. The molecular formula is C24H32N4O3. The summed E-state index contributed by atoms with van der Waals surface area (Å²) in [4.78, 5) is 30.8. The third-order valence-electron chi connectivity index (χ3n) is 5.60. The molecule has 1 saturated heterocycles. The first-order valence-electron chi connectivity index (χ1n) is 10.7. The minimum absolute atomic E-state index is 0.0264. The first-order valence-corrected chi connectivity index (χ1v) is 10.7. The van der Waals surface area contributed by atoms with Crippen molar-refractivity contribution < 1.29 is 14.3 Å². The summed E-state index contributed by atoms with van der Waals surface area (Å²) in [6.45, 7) is 5.55. The summed E-state index contributed by atoms with van der Waals surface area (Å²) in [6, 6.07) is 17.7. The molecule has 0 saturated carbocycles. The molecule has 1 heterocycles. The summed E-state index contributed by atoms with van der Waals surface area (Å²) in [5, 5.41) is 2.91. The molecule has 1 N–H and O–H groups in total. The number of nitrogens with zero attached hydrogens (tertiary/aromatic N) is 3. The van der Waals surface area contributed by atoms with Crippen molar-refractivity contribution in [3.63, 3.8) is 0 Å². The lowest BCUT2D eigenvalue weighted by molar-refractivity contribution is -0.133. The van der Waals surface area contributed by atoms with Gasteiger partial charge in [0.05, 0.1) is 32.3 Å². The zero-order chi connectivity index (χ0) is 22.2. The molecule has 0 radical (unpaired) electrons. The number of rotatable bonds is 8. The maximum atomic E-state index is 12.6. The highest BCUT2D eigenvalue weighted by molar-refractivity contribution is 5.92. The lowest BCUT2D eigenvalue weighted by Crippen LogP contribution is -2.40. The zero-order valence-corrected chi connectivity index (χ0v) is 18.6. The van der Waals surface area contributed by atoms with Crippen LogP contribution in [0.5, 0.6) is 0 Å². The molecule has 3 rings (SSSR count). The second-order valence-corrected chi connectivity index (χ2v) is 7.96. The standard InChI is InChI=1S/C24H32N4O3/c1-19(20-7-5-4-6-8-20)27(3)24(30)18-26(2)17-23(29)25-21-9-11-22(12-10-21)28-13-15-31-16-14-28/h4-12,19H,13-18H2,1-3H3,(H,25,29)/t19-/m1/s1. The van der Waals surface area contributed by atoms with E-state index in [-0.39, 0.29) is 30.9 Å². The van der Waals surface area contributed by atoms with Gasteiger partial charge in [-0.3, -0.25) is 14.5 Å². The van der Waals surface area contributed by atoms with Crippen molar-refractivity contribution in [3.05, 3.63) is 60.2 Å². The van der Waals surface area contributed by atoms with E-state index in [1.54, 1.807) is 23.9 Å². The maximum absolute atomic E-state index is 12.6. The van der Waals surface area contributed by atoms with Gasteiger partial charge in [-0.25, -0.2) is 0 Å². The third kappa shape index (κ3) is 6.54. The minimum atomic E-state index is -0.145. The summed E-state index contributed by atoms with van der Waals surface area (Å²) in [6.07, 6.45) is 0. The summed E-state index contributed by atoms with van der Waals surface area (Å²) >= 11 is 0. The number of carbonyl (C=O) groups excluding carboxylic acids is 2. The lowest BCUT2D eigenvalue weighted by Gasteiger charge is -2.29. The minimum Gasteiger partial charge on any atom is -0.378 e. The zero-order valence-electron chi connectivity index (χ0n) is 18.6. The number of carbonyl (C=O) groups is 2. The third-order valence-corrected chi connectivity index (χ3v) is 5.60. The SMILES string of the molecule is C[C@H](c1ccccc1)N(C)C(=O)CN(C)CC(=O)Nc1ccc(N2CCOCC2)cc1. The number of nitrogens with one attached hydrogen (secondary N) is 1. The quantitative estimate of drug-likeness (QED) is 0.706. The summed E-state index contributed by atoms with van der Waals surface area (Å²) in [5.74, 6) is -0.172. The van der Waals surface area contributed by atoms with Crippen molar-refractivity contribution in [2.24, 2.45) is 0 Å². The van der Waals surface area contributed by atoms with Gasteiger partial charge in [0.15, 0.2) is 0 Å². The molecule has 166 valence electrons. The van der Waals surface area contributed by atoms with Crippen molar-refractivity contribution in [1.82, 2.24) is 9.80 Å². The molecule has 1 fully saturated rings. The fourth-order valence-corrected chi connectivity index (χ4v) is 3.59. The molecule has 2 aromatic carbocycles. The van der Waals surface area contributed by atoms with Crippen LogP contribution in [0.25, 0.3) is 0 Å². The molecule has 1 atom stereocenters. The largest absolute Gasteiger partial charge is 0.378 e.